The van der Waals surface area contributed by atoms with Gasteiger partial charge in [0, 0.05) is 17.8 Å². The van der Waals surface area contributed by atoms with Gasteiger partial charge in [-0.05, 0) is 42.7 Å². The fourth-order valence-electron chi connectivity index (χ4n) is 1.95. The Morgan fingerprint density at radius 1 is 1.22 bits per heavy atom. The number of guanidine groups is 1. The van der Waals surface area contributed by atoms with Gasteiger partial charge in [-0.3, -0.25) is 10.1 Å². The number of anilines is 1. The summed E-state index contributed by atoms with van der Waals surface area (Å²) >= 11 is 0. The maximum absolute atomic E-state index is 10.7. The number of rotatable bonds is 4. The van der Waals surface area contributed by atoms with Crippen LogP contribution in [0.3, 0.4) is 0 Å². The van der Waals surface area contributed by atoms with E-state index in [2.05, 4.69) is 10.3 Å². The molecule has 0 saturated heterocycles. The Hall–Kier alpha value is -2.16. The summed E-state index contributed by atoms with van der Waals surface area (Å²) in [4.78, 5) is 14.5. The minimum atomic E-state index is -0.427. The molecule has 0 unspecified atom stereocenters. The number of nitrogens with one attached hydrogen (secondary N) is 1. The van der Waals surface area contributed by atoms with Crippen LogP contribution in [0.1, 0.15) is 16.7 Å². The van der Waals surface area contributed by atoms with Gasteiger partial charge < -0.3 is 11.1 Å². The second kappa shape index (κ2) is 8.47. The molecular weight excluding hydrogens is 407 g/mol. The Morgan fingerprint density at radius 2 is 1.96 bits per heavy atom. The summed E-state index contributed by atoms with van der Waals surface area (Å²) < 4.78 is 0. The summed E-state index contributed by atoms with van der Waals surface area (Å²) in [5.74, 6) is 0.273. The SMILES string of the molecule is Cc1ccc(NC(N)=NCc2cccc([N+](=O)[O-])c2)cc1C.I. The molecule has 3 N–H and O–H groups in total. The van der Waals surface area contributed by atoms with Crippen LogP contribution >= 0.6 is 24.0 Å². The number of nitro groups is 1. The zero-order valence-corrected chi connectivity index (χ0v) is 15.3. The molecule has 0 amide bonds. The first kappa shape index (κ1) is 18.9. The summed E-state index contributed by atoms with van der Waals surface area (Å²) in [5.41, 5.74) is 9.86. The number of aryl methyl sites for hydroxylation is 2. The summed E-state index contributed by atoms with van der Waals surface area (Å²) in [6.07, 6.45) is 0. The Morgan fingerprint density at radius 3 is 2.61 bits per heavy atom. The van der Waals surface area contributed by atoms with Crippen LogP contribution in [0.2, 0.25) is 0 Å². The zero-order chi connectivity index (χ0) is 16.1. The highest BCUT2D eigenvalue weighted by atomic mass is 127. The van der Waals surface area contributed by atoms with Gasteiger partial charge in [0.05, 0.1) is 11.5 Å². The van der Waals surface area contributed by atoms with E-state index >= 15 is 0 Å². The fraction of sp³-hybridized carbons (Fsp3) is 0.188. The molecule has 0 fully saturated rings. The van der Waals surface area contributed by atoms with Gasteiger partial charge in [0.2, 0.25) is 0 Å². The van der Waals surface area contributed by atoms with E-state index < -0.39 is 4.92 Å². The molecule has 0 bridgehead atoms. The highest BCUT2D eigenvalue weighted by Gasteiger charge is 2.05. The van der Waals surface area contributed by atoms with Crippen molar-refractivity contribution in [3.63, 3.8) is 0 Å². The molecule has 0 aliphatic heterocycles. The number of nitrogens with two attached hydrogens (primary N) is 1. The smallest absolute Gasteiger partial charge is 0.269 e. The number of halogens is 1. The number of nitrogens with zero attached hydrogens (tertiary/aromatic N) is 2. The van der Waals surface area contributed by atoms with E-state index in [1.165, 1.54) is 17.7 Å². The maximum Gasteiger partial charge on any atom is 0.269 e. The number of non-ortho nitro benzene ring substituents is 1. The second-order valence-corrected chi connectivity index (χ2v) is 5.05. The summed E-state index contributed by atoms with van der Waals surface area (Å²) in [6.45, 7) is 4.35. The van der Waals surface area contributed by atoms with Gasteiger partial charge in [-0.2, -0.15) is 0 Å². The van der Waals surface area contributed by atoms with Crippen molar-refractivity contribution < 1.29 is 4.92 Å². The minimum Gasteiger partial charge on any atom is -0.370 e. The molecule has 2 rings (SSSR count). The standard InChI is InChI=1S/C16H18N4O2.HI/c1-11-6-7-14(8-12(11)2)19-16(17)18-10-13-4-3-5-15(9-13)20(21)22;/h3-9H,10H2,1-2H3,(H3,17,18,19);1H. The van der Waals surface area contributed by atoms with Gasteiger partial charge in [-0.25, -0.2) is 4.99 Å². The van der Waals surface area contributed by atoms with Crippen molar-refractivity contribution in [2.75, 3.05) is 5.32 Å². The first-order chi connectivity index (χ1) is 10.5. The van der Waals surface area contributed by atoms with E-state index in [1.807, 2.05) is 32.0 Å². The third-order valence-electron chi connectivity index (χ3n) is 3.33. The molecule has 6 nitrogen and oxygen atoms in total. The van der Waals surface area contributed by atoms with Crippen LogP contribution in [0, 0.1) is 24.0 Å². The molecule has 0 aliphatic rings. The average Bonchev–Trinajstić information content (AvgIpc) is 2.49. The highest BCUT2D eigenvalue weighted by molar-refractivity contribution is 14.0. The van der Waals surface area contributed by atoms with E-state index in [9.17, 15) is 10.1 Å². The molecule has 2 aromatic carbocycles. The van der Waals surface area contributed by atoms with E-state index in [-0.39, 0.29) is 42.2 Å². The summed E-state index contributed by atoms with van der Waals surface area (Å²) in [7, 11) is 0. The first-order valence-corrected chi connectivity index (χ1v) is 6.83. The largest absolute Gasteiger partial charge is 0.370 e. The lowest BCUT2D eigenvalue weighted by molar-refractivity contribution is -0.384. The zero-order valence-electron chi connectivity index (χ0n) is 12.9. The van der Waals surface area contributed by atoms with Crippen LogP contribution in [0.25, 0.3) is 0 Å². The molecule has 0 aliphatic carbocycles. The predicted molar refractivity (Wildman–Crippen MR) is 103 cm³/mol. The van der Waals surface area contributed by atoms with Gasteiger partial charge in [0.25, 0.3) is 5.69 Å². The molecule has 2 aromatic rings. The Labute approximate surface area is 152 Å². The van der Waals surface area contributed by atoms with Crippen molar-refractivity contribution in [1.82, 2.24) is 0 Å². The Balaban J connectivity index is 0.00000264. The van der Waals surface area contributed by atoms with Crippen molar-refractivity contribution in [2.24, 2.45) is 10.7 Å². The molecular formula is C16H19IN4O2. The number of nitro benzene ring substituents is 1. The van der Waals surface area contributed by atoms with E-state index in [1.54, 1.807) is 12.1 Å². The van der Waals surface area contributed by atoms with Crippen LogP contribution in [-0.2, 0) is 6.54 Å². The van der Waals surface area contributed by atoms with Gasteiger partial charge in [0.15, 0.2) is 5.96 Å². The van der Waals surface area contributed by atoms with Crippen LogP contribution in [0.15, 0.2) is 47.5 Å². The lowest BCUT2D eigenvalue weighted by atomic mass is 10.1. The van der Waals surface area contributed by atoms with Crippen molar-refractivity contribution in [1.29, 1.82) is 0 Å². The predicted octanol–water partition coefficient (Wildman–Crippen LogP) is 3.76. The molecule has 0 spiro atoms. The normalized spacial score (nSPS) is 10.8. The van der Waals surface area contributed by atoms with Gasteiger partial charge in [0.1, 0.15) is 0 Å². The maximum atomic E-state index is 10.7. The lowest BCUT2D eigenvalue weighted by Crippen LogP contribution is -2.22. The quantitative estimate of drug-likeness (QED) is 0.256. The van der Waals surface area contributed by atoms with E-state index in [0.29, 0.717) is 0 Å². The first-order valence-electron chi connectivity index (χ1n) is 6.83. The van der Waals surface area contributed by atoms with Gasteiger partial charge >= 0.3 is 0 Å². The van der Waals surface area contributed by atoms with Crippen molar-refractivity contribution in [3.8, 4) is 0 Å². The second-order valence-electron chi connectivity index (χ2n) is 5.05. The fourth-order valence-corrected chi connectivity index (χ4v) is 1.95. The van der Waals surface area contributed by atoms with Gasteiger partial charge in [-0.1, -0.05) is 18.2 Å². The molecule has 0 saturated carbocycles. The molecule has 23 heavy (non-hydrogen) atoms. The third-order valence-corrected chi connectivity index (χ3v) is 3.33. The van der Waals surface area contributed by atoms with Crippen LogP contribution in [0.5, 0.6) is 0 Å². The molecule has 7 heteroatoms. The van der Waals surface area contributed by atoms with Gasteiger partial charge in [-0.15, -0.1) is 24.0 Å². The molecule has 122 valence electrons. The monoisotopic (exact) mass is 426 g/mol. The number of hydrogen-bond acceptors (Lipinski definition) is 3. The summed E-state index contributed by atoms with van der Waals surface area (Å²) in [6, 6.07) is 12.3. The van der Waals surface area contributed by atoms with E-state index in [0.717, 1.165) is 16.8 Å². The topological polar surface area (TPSA) is 93.5 Å². The average molecular weight is 426 g/mol. The number of benzene rings is 2. The number of hydrogen-bond donors (Lipinski definition) is 2. The van der Waals surface area contributed by atoms with Crippen molar-refractivity contribution in [3.05, 3.63) is 69.3 Å². The molecule has 0 heterocycles. The molecule has 0 radical (unpaired) electrons. The van der Waals surface area contributed by atoms with Crippen molar-refractivity contribution >= 4 is 41.3 Å². The third kappa shape index (κ3) is 5.51. The van der Waals surface area contributed by atoms with Crippen LogP contribution < -0.4 is 11.1 Å². The summed E-state index contributed by atoms with van der Waals surface area (Å²) in [5, 5.41) is 13.7. The molecule has 0 atom stereocenters. The van der Waals surface area contributed by atoms with Crippen molar-refractivity contribution in [2.45, 2.75) is 20.4 Å². The Kier molecular flexibility index (Phi) is 6.95. The van der Waals surface area contributed by atoms with Crippen LogP contribution in [-0.4, -0.2) is 10.9 Å². The van der Waals surface area contributed by atoms with Crippen LogP contribution in [0.4, 0.5) is 11.4 Å². The Bertz CT molecular complexity index is 732. The highest BCUT2D eigenvalue weighted by Crippen LogP contribution is 2.15. The van der Waals surface area contributed by atoms with E-state index in [4.69, 9.17) is 5.73 Å². The minimum absolute atomic E-state index is 0. The number of aliphatic imine (C=N–C) groups is 1. The lowest BCUT2D eigenvalue weighted by Gasteiger charge is -2.08. The molecule has 0 aromatic heterocycles.